The molecule has 2 aliphatic heterocycles. The lowest BCUT2D eigenvalue weighted by molar-refractivity contribution is 0.0292. The van der Waals surface area contributed by atoms with E-state index >= 15 is 0 Å². The molecule has 0 saturated carbocycles. The van der Waals surface area contributed by atoms with Gasteiger partial charge in [-0.2, -0.15) is 0 Å². The topological polar surface area (TPSA) is 57.7 Å². The number of carbonyl (C=O) groups is 1. The van der Waals surface area contributed by atoms with Crippen LogP contribution >= 0.6 is 11.3 Å². The molecular weight excluding hydrogens is 300 g/mol. The summed E-state index contributed by atoms with van der Waals surface area (Å²) < 4.78 is 5.39. The van der Waals surface area contributed by atoms with Crippen molar-refractivity contribution in [3.8, 4) is 0 Å². The van der Waals surface area contributed by atoms with E-state index in [1.54, 1.807) is 11.3 Å². The molecule has 1 aromatic rings. The minimum Gasteiger partial charge on any atom is -0.379 e. The molecule has 3 rings (SSSR count). The second kappa shape index (κ2) is 7.39. The van der Waals surface area contributed by atoms with Crippen LogP contribution in [0.25, 0.3) is 0 Å². The Morgan fingerprint density at radius 1 is 1.45 bits per heavy atom. The Morgan fingerprint density at radius 2 is 2.27 bits per heavy atom. The number of thiazole rings is 1. The molecular formula is C15H24N4O2S. The van der Waals surface area contributed by atoms with E-state index in [1.807, 2.05) is 18.0 Å². The number of likely N-dealkylation sites (tertiary alicyclic amines) is 1. The van der Waals surface area contributed by atoms with E-state index in [0.29, 0.717) is 12.6 Å². The summed E-state index contributed by atoms with van der Waals surface area (Å²) in [5, 5.41) is 4.07. The number of hydrogen-bond donors (Lipinski definition) is 1. The van der Waals surface area contributed by atoms with Gasteiger partial charge in [0, 0.05) is 43.3 Å². The number of nitrogens with zero attached hydrogens (tertiary/aromatic N) is 3. The Labute approximate surface area is 135 Å². The van der Waals surface area contributed by atoms with Gasteiger partial charge in [0.15, 0.2) is 0 Å². The maximum absolute atomic E-state index is 12.4. The van der Waals surface area contributed by atoms with Crippen LogP contribution in [-0.4, -0.2) is 66.2 Å². The van der Waals surface area contributed by atoms with Crippen LogP contribution in [0.4, 0.5) is 4.79 Å². The fraction of sp³-hybridized carbons (Fsp3) is 0.733. The molecule has 1 aromatic heterocycles. The SMILES string of the molecule is Cc1ncc(CNC(=O)N2CCC[C@@H]2CN2CCOCC2)s1. The highest BCUT2D eigenvalue weighted by molar-refractivity contribution is 7.11. The fourth-order valence-electron chi connectivity index (χ4n) is 3.13. The molecule has 0 aromatic carbocycles. The summed E-state index contributed by atoms with van der Waals surface area (Å²) in [4.78, 5) is 22.2. The third-order valence-electron chi connectivity index (χ3n) is 4.29. The number of amides is 2. The summed E-state index contributed by atoms with van der Waals surface area (Å²) in [5.74, 6) is 0. The zero-order valence-corrected chi connectivity index (χ0v) is 13.9. The van der Waals surface area contributed by atoms with Crippen molar-refractivity contribution in [3.05, 3.63) is 16.1 Å². The molecule has 1 N–H and O–H groups in total. The van der Waals surface area contributed by atoms with E-state index in [4.69, 9.17) is 4.74 Å². The van der Waals surface area contributed by atoms with Crippen LogP contribution in [0.3, 0.4) is 0 Å². The van der Waals surface area contributed by atoms with Crippen molar-refractivity contribution in [2.75, 3.05) is 39.4 Å². The van der Waals surface area contributed by atoms with Crippen molar-refractivity contribution in [2.24, 2.45) is 0 Å². The predicted octanol–water partition coefficient (Wildman–Crippen LogP) is 1.46. The van der Waals surface area contributed by atoms with Gasteiger partial charge in [0.1, 0.15) is 0 Å². The molecule has 122 valence electrons. The van der Waals surface area contributed by atoms with E-state index < -0.39 is 0 Å². The first-order valence-corrected chi connectivity index (χ1v) is 8.80. The normalized spacial score (nSPS) is 23.0. The van der Waals surface area contributed by atoms with Gasteiger partial charge in [-0.15, -0.1) is 11.3 Å². The fourth-order valence-corrected chi connectivity index (χ4v) is 3.86. The molecule has 0 aliphatic carbocycles. The predicted molar refractivity (Wildman–Crippen MR) is 86.1 cm³/mol. The zero-order valence-electron chi connectivity index (χ0n) is 13.1. The van der Waals surface area contributed by atoms with E-state index in [0.717, 1.165) is 62.1 Å². The molecule has 3 heterocycles. The molecule has 6 nitrogen and oxygen atoms in total. The third-order valence-corrected chi connectivity index (χ3v) is 5.21. The maximum Gasteiger partial charge on any atom is 0.317 e. The van der Waals surface area contributed by atoms with Crippen molar-refractivity contribution in [3.63, 3.8) is 0 Å². The van der Waals surface area contributed by atoms with Crippen LogP contribution in [0.5, 0.6) is 0 Å². The Balaban J connectivity index is 1.49. The molecule has 2 aliphatic rings. The number of urea groups is 1. The van der Waals surface area contributed by atoms with Crippen LogP contribution in [0, 0.1) is 6.92 Å². The highest BCUT2D eigenvalue weighted by Crippen LogP contribution is 2.19. The zero-order chi connectivity index (χ0) is 15.4. The maximum atomic E-state index is 12.4. The Morgan fingerprint density at radius 3 is 3.00 bits per heavy atom. The van der Waals surface area contributed by atoms with Gasteiger partial charge in [-0.25, -0.2) is 9.78 Å². The average Bonchev–Trinajstić information content (AvgIpc) is 3.15. The van der Waals surface area contributed by atoms with Crippen LogP contribution in [0.2, 0.25) is 0 Å². The van der Waals surface area contributed by atoms with Crippen LogP contribution < -0.4 is 5.32 Å². The smallest absolute Gasteiger partial charge is 0.317 e. The van der Waals surface area contributed by atoms with Gasteiger partial charge < -0.3 is 15.0 Å². The lowest BCUT2D eigenvalue weighted by Gasteiger charge is -2.32. The first kappa shape index (κ1) is 15.7. The molecule has 0 radical (unpaired) electrons. The van der Waals surface area contributed by atoms with Gasteiger partial charge in [-0.3, -0.25) is 4.90 Å². The molecule has 1 atom stereocenters. The van der Waals surface area contributed by atoms with Gasteiger partial charge in [-0.05, 0) is 19.8 Å². The summed E-state index contributed by atoms with van der Waals surface area (Å²) in [6.45, 7) is 7.96. The van der Waals surface area contributed by atoms with Gasteiger partial charge in [0.2, 0.25) is 0 Å². The third kappa shape index (κ3) is 3.97. The molecule has 0 unspecified atom stereocenters. The number of morpholine rings is 1. The Bertz CT molecular complexity index is 501. The number of rotatable bonds is 4. The van der Waals surface area contributed by atoms with Crippen molar-refractivity contribution in [1.82, 2.24) is 20.1 Å². The second-order valence-corrected chi connectivity index (χ2v) is 7.23. The minimum absolute atomic E-state index is 0.0572. The quantitative estimate of drug-likeness (QED) is 0.911. The Hall–Kier alpha value is -1.18. The molecule has 0 spiro atoms. The number of aromatic nitrogens is 1. The lowest BCUT2D eigenvalue weighted by Crippen LogP contribution is -2.49. The Kier molecular flexibility index (Phi) is 5.28. The highest BCUT2D eigenvalue weighted by atomic mass is 32.1. The van der Waals surface area contributed by atoms with Crippen LogP contribution in [0.15, 0.2) is 6.20 Å². The summed E-state index contributed by atoms with van der Waals surface area (Å²) in [6.07, 6.45) is 4.04. The van der Waals surface area contributed by atoms with E-state index in [-0.39, 0.29) is 6.03 Å². The van der Waals surface area contributed by atoms with Gasteiger partial charge >= 0.3 is 6.03 Å². The average molecular weight is 324 g/mol. The van der Waals surface area contributed by atoms with Crippen LogP contribution in [0.1, 0.15) is 22.7 Å². The van der Waals surface area contributed by atoms with Crippen molar-refractivity contribution < 1.29 is 9.53 Å². The second-order valence-electron chi connectivity index (χ2n) is 5.91. The van der Waals surface area contributed by atoms with Crippen molar-refractivity contribution >= 4 is 17.4 Å². The van der Waals surface area contributed by atoms with E-state index in [9.17, 15) is 4.79 Å². The molecule has 2 amide bonds. The van der Waals surface area contributed by atoms with Crippen molar-refractivity contribution in [2.45, 2.75) is 32.4 Å². The number of aryl methyl sites for hydroxylation is 1. The standard InChI is InChI=1S/C15H24N4O2S/c1-12-16-9-14(22-12)10-17-15(20)19-4-2-3-13(19)11-18-5-7-21-8-6-18/h9,13H,2-8,10-11H2,1H3,(H,17,20)/t13-/m1/s1. The van der Waals surface area contributed by atoms with Gasteiger partial charge in [-0.1, -0.05) is 0 Å². The largest absolute Gasteiger partial charge is 0.379 e. The first-order chi connectivity index (χ1) is 10.7. The lowest BCUT2D eigenvalue weighted by atomic mass is 10.2. The summed E-state index contributed by atoms with van der Waals surface area (Å²) in [7, 11) is 0. The van der Waals surface area contributed by atoms with E-state index in [2.05, 4.69) is 15.2 Å². The minimum atomic E-state index is 0.0572. The van der Waals surface area contributed by atoms with Crippen molar-refractivity contribution in [1.29, 1.82) is 0 Å². The van der Waals surface area contributed by atoms with Gasteiger partial charge in [0.05, 0.1) is 24.8 Å². The molecule has 2 saturated heterocycles. The number of hydrogen-bond acceptors (Lipinski definition) is 5. The van der Waals surface area contributed by atoms with Gasteiger partial charge in [0.25, 0.3) is 0 Å². The number of carbonyl (C=O) groups excluding carboxylic acids is 1. The highest BCUT2D eigenvalue weighted by Gasteiger charge is 2.30. The number of nitrogens with one attached hydrogen (secondary N) is 1. The molecule has 0 bridgehead atoms. The summed E-state index contributed by atoms with van der Waals surface area (Å²) >= 11 is 1.64. The summed E-state index contributed by atoms with van der Waals surface area (Å²) in [6, 6.07) is 0.392. The first-order valence-electron chi connectivity index (χ1n) is 7.98. The molecule has 7 heteroatoms. The summed E-state index contributed by atoms with van der Waals surface area (Å²) in [5.41, 5.74) is 0. The van der Waals surface area contributed by atoms with E-state index in [1.165, 1.54) is 0 Å². The molecule has 2 fully saturated rings. The number of ether oxygens (including phenoxy) is 1. The molecule has 22 heavy (non-hydrogen) atoms. The monoisotopic (exact) mass is 324 g/mol. The van der Waals surface area contributed by atoms with Crippen LogP contribution in [-0.2, 0) is 11.3 Å².